The van der Waals surface area contributed by atoms with Gasteiger partial charge in [-0.05, 0) is 24.0 Å². The average Bonchev–Trinajstić information content (AvgIpc) is 2.30. The summed E-state index contributed by atoms with van der Waals surface area (Å²) in [5.74, 6) is 0.385. The third-order valence-corrected chi connectivity index (χ3v) is 2.83. The van der Waals surface area contributed by atoms with Crippen molar-refractivity contribution in [1.29, 1.82) is 5.41 Å². The van der Waals surface area contributed by atoms with Crippen molar-refractivity contribution in [3.05, 3.63) is 34.9 Å². The molecule has 0 fully saturated rings. The van der Waals surface area contributed by atoms with E-state index in [0.717, 1.165) is 12.0 Å². The van der Waals surface area contributed by atoms with E-state index in [2.05, 4.69) is 19.3 Å². The Hall–Kier alpha value is -1.30. The maximum atomic E-state index is 7.28. The van der Waals surface area contributed by atoms with Crippen molar-refractivity contribution in [1.82, 2.24) is 10.6 Å². The van der Waals surface area contributed by atoms with Crippen LogP contribution in [0, 0.1) is 11.3 Å². The van der Waals surface area contributed by atoms with Crippen LogP contribution in [0.2, 0.25) is 5.02 Å². The molecule has 1 aromatic carbocycles. The van der Waals surface area contributed by atoms with Crippen LogP contribution in [-0.2, 0) is 11.4 Å². The number of halogens is 1. The summed E-state index contributed by atoms with van der Waals surface area (Å²) in [4.78, 5) is 5.57. The van der Waals surface area contributed by atoms with Gasteiger partial charge in [0.25, 0.3) is 0 Å². The molecule has 0 spiro atoms. The van der Waals surface area contributed by atoms with E-state index in [1.54, 1.807) is 0 Å². The van der Waals surface area contributed by atoms with Gasteiger partial charge < -0.3 is 5.73 Å². The van der Waals surface area contributed by atoms with E-state index in [4.69, 9.17) is 27.6 Å². The predicted molar refractivity (Wildman–Crippen MR) is 77.5 cm³/mol. The molecule has 106 valence electrons. The fraction of sp³-hybridized carbons (Fsp3) is 0.462. The normalized spacial score (nSPS) is 11.0. The summed E-state index contributed by atoms with van der Waals surface area (Å²) in [6, 6.07) is 7.50. The Morgan fingerprint density at radius 2 is 2.16 bits per heavy atom. The zero-order valence-corrected chi connectivity index (χ0v) is 12.1. The smallest absolute Gasteiger partial charge is 0.202 e. The second kappa shape index (κ2) is 7.99. The number of hydrogen-bond donors (Lipinski definition) is 3. The molecule has 0 saturated carbocycles. The van der Waals surface area contributed by atoms with Crippen LogP contribution in [0.3, 0.4) is 0 Å². The lowest BCUT2D eigenvalue weighted by atomic mass is 10.1. The lowest BCUT2D eigenvalue weighted by Crippen LogP contribution is -2.45. The van der Waals surface area contributed by atoms with Crippen LogP contribution in [-0.4, -0.2) is 17.7 Å². The Morgan fingerprint density at radius 3 is 2.74 bits per heavy atom. The third kappa shape index (κ3) is 6.42. The summed E-state index contributed by atoms with van der Waals surface area (Å²) < 4.78 is 0. The summed E-state index contributed by atoms with van der Waals surface area (Å²) >= 11 is 6.09. The van der Waals surface area contributed by atoms with Gasteiger partial charge in [-0.3, -0.25) is 15.7 Å². The summed E-state index contributed by atoms with van der Waals surface area (Å²) in [5.41, 5.74) is 8.88. The van der Waals surface area contributed by atoms with Crippen molar-refractivity contribution >= 4 is 17.6 Å². The molecule has 0 heterocycles. The summed E-state index contributed by atoms with van der Waals surface area (Å²) in [6.07, 6.45) is 0.929. The van der Waals surface area contributed by atoms with Gasteiger partial charge in [0.15, 0.2) is 0 Å². The molecule has 0 atom stereocenters. The van der Waals surface area contributed by atoms with E-state index < -0.39 is 0 Å². The molecule has 0 aliphatic carbocycles. The standard InChI is InChI=1S/C13H21ClN4O/c1-10(2)7-8-19-18(17-13(15)16)9-11-5-3-4-6-12(11)14/h3-6,10H,7-9H2,1-2H3,(H4,15,16,17). The molecule has 0 aliphatic heterocycles. The first-order valence-electron chi connectivity index (χ1n) is 6.23. The van der Waals surface area contributed by atoms with Crippen molar-refractivity contribution < 1.29 is 4.84 Å². The predicted octanol–water partition coefficient (Wildman–Crippen LogP) is 2.52. The molecule has 6 heteroatoms. The van der Waals surface area contributed by atoms with Gasteiger partial charge in [-0.2, -0.15) is 0 Å². The molecule has 0 unspecified atom stereocenters. The van der Waals surface area contributed by atoms with Crippen molar-refractivity contribution in [3.63, 3.8) is 0 Å². The molecule has 0 amide bonds. The van der Waals surface area contributed by atoms with Crippen LogP contribution in [0.1, 0.15) is 25.8 Å². The molecule has 0 aliphatic rings. The lowest BCUT2D eigenvalue weighted by molar-refractivity contribution is -0.191. The number of nitrogens with zero attached hydrogens (tertiary/aromatic N) is 1. The monoisotopic (exact) mass is 284 g/mol. The minimum atomic E-state index is -0.170. The molecule has 0 saturated heterocycles. The molecule has 1 aromatic rings. The zero-order valence-electron chi connectivity index (χ0n) is 11.3. The first-order valence-corrected chi connectivity index (χ1v) is 6.61. The number of hydrogen-bond acceptors (Lipinski definition) is 3. The number of hydrazine groups is 1. The molecule has 0 bridgehead atoms. The third-order valence-electron chi connectivity index (χ3n) is 2.46. The van der Waals surface area contributed by atoms with Gasteiger partial charge in [0.05, 0.1) is 13.2 Å². The van der Waals surface area contributed by atoms with Gasteiger partial charge in [0, 0.05) is 5.02 Å². The van der Waals surface area contributed by atoms with E-state index in [9.17, 15) is 0 Å². The average molecular weight is 285 g/mol. The highest BCUT2D eigenvalue weighted by atomic mass is 35.5. The van der Waals surface area contributed by atoms with E-state index in [1.165, 1.54) is 5.17 Å². The Balaban J connectivity index is 2.58. The molecule has 0 aromatic heterocycles. The first kappa shape index (κ1) is 15.8. The lowest BCUT2D eigenvalue weighted by Gasteiger charge is -2.23. The second-order valence-electron chi connectivity index (χ2n) is 4.67. The number of benzene rings is 1. The van der Waals surface area contributed by atoms with E-state index in [0.29, 0.717) is 24.1 Å². The number of hydroxylamine groups is 1. The van der Waals surface area contributed by atoms with Crippen molar-refractivity contribution in [2.75, 3.05) is 6.61 Å². The highest BCUT2D eigenvalue weighted by molar-refractivity contribution is 6.31. The fourth-order valence-corrected chi connectivity index (χ4v) is 1.63. The minimum Gasteiger partial charge on any atom is -0.369 e. The van der Waals surface area contributed by atoms with Gasteiger partial charge in [-0.1, -0.05) is 48.8 Å². The highest BCUT2D eigenvalue weighted by Crippen LogP contribution is 2.16. The van der Waals surface area contributed by atoms with Crippen LogP contribution in [0.4, 0.5) is 0 Å². The Kier molecular flexibility index (Phi) is 6.62. The fourth-order valence-electron chi connectivity index (χ4n) is 1.43. The molecule has 0 radical (unpaired) electrons. The van der Waals surface area contributed by atoms with Gasteiger partial charge >= 0.3 is 0 Å². The van der Waals surface area contributed by atoms with E-state index in [-0.39, 0.29) is 5.96 Å². The summed E-state index contributed by atoms with van der Waals surface area (Å²) in [6.45, 7) is 5.22. The molecule has 19 heavy (non-hydrogen) atoms. The number of guanidine groups is 1. The van der Waals surface area contributed by atoms with Crippen LogP contribution >= 0.6 is 11.6 Å². The van der Waals surface area contributed by atoms with Gasteiger partial charge in [-0.15, -0.1) is 0 Å². The van der Waals surface area contributed by atoms with Gasteiger partial charge in [0.2, 0.25) is 5.96 Å². The largest absolute Gasteiger partial charge is 0.369 e. The van der Waals surface area contributed by atoms with Gasteiger partial charge in [0.1, 0.15) is 0 Å². The first-order chi connectivity index (χ1) is 8.99. The van der Waals surface area contributed by atoms with Crippen molar-refractivity contribution in [2.24, 2.45) is 11.7 Å². The Bertz CT molecular complexity index is 411. The molecular formula is C13H21ClN4O. The quantitative estimate of drug-likeness (QED) is 0.409. The minimum absolute atomic E-state index is 0.170. The topological polar surface area (TPSA) is 74.4 Å². The molecule has 1 rings (SSSR count). The van der Waals surface area contributed by atoms with Crippen LogP contribution in [0.15, 0.2) is 24.3 Å². The maximum absolute atomic E-state index is 7.28. The number of rotatable bonds is 7. The number of nitrogens with two attached hydrogens (primary N) is 1. The van der Waals surface area contributed by atoms with E-state index >= 15 is 0 Å². The number of nitrogens with one attached hydrogen (secondary N) is 2. The van der Waals surface area contributed by atoms with Gasteiger partial charge in [-0.25, -0.2) is 0 Å². The van der Waals surface area contributed by atoms with Crippen LogP contribution in [0.5, 0.6) is 0 Å². The van der Waals surface area contributed by atoms with Crippen LogP contribution in [0.25, 0.3) is 0 Å². The van der Waals surface area contributed by atoms with Crippen LogP contribution < -0.4 is 11.2 Å². The Labute approximate surface area is 119 Å². The SMILES string of the molecule is CC(C)CCON(Cc1ccccc1Cl)NC(=N)N. The maximum Gasteiger partial charge on any atom is 0.202 e. The molecule has 5 nitrogen and oxygen atoms in total. The van der Waals surface area contributed by atoms with Crippen molar-refractivity contribution in [2.45, 2.75) is 26.8 Å². The summed E-state index contributed by atoms with van der Waals surface area (Å²) in [5, 5.41) is 9.37. The van der Waals surface area contributed by atoms with Crippen molar-refractivity contribution in [3.8, 4) is 0 Å². The second-order valence-corrected chi connectivity index (χ2v) is 5.08. The van der Waals surface area contributed by atoms with E-state index in [1.807, 2.05) is 24.3 Å². The Morgan fingerprint density at radius 1 is 1.47 bits per heavy atom. The highest BCUT2D eigenvalue weighted by Gasteiger charge is 2.10. The molecular weight excluding hydrogens is 264 g/mol. The summed E-state index contributed by atoms with van der Waals surface area (Å²) in [7, 11) is 0. The zero-order chi connectivity index (χ0) is 14.3. The molecule has 4 N–H and O–H groups in total.